The summed E-state index contributed by atoms with van der Waals surface area (Å²) >= 11 is 0. The quantitative estimate of drug-likeness (QED) is 0.737. The minimum atomic E-state index is -3.98. The fourth-order valence-corrected chi connectivity index (χ4v) is 4.28. The number of carbonyl (C=O) groups excluding carboxylic acids is 2. The maximum atomic E-state index is 12.7. The van der Waals surface area contributed by atoms with E-state index in [1.54, 1.807) is 18.2 Å². The second-order valence-electron chi connectivity index (χ2n) is 6.40. The Morgan fingerprint density at radius 1 is 1.22 bits per heavy atom. The number of hydrogen-bond donors (Lipinski definition) is 2. The second-order valence-corrected chi connectivity index (χ2v) is 7.99. The minimum Gasteiger partial charge on any atom is -0.506 e. The average molecular weight is 388 g/mol. The average Bonchev–Trinajstić information content (AvgIpc) is 2.92. The van der Waals surface area contributed by atoms with E-state index in [-0.39, 0.29) is 29.7 Å². The zero-order valence-electron chi connectivity index (χ0n) is 14.8. The van der Waals surface area contributed by atoms with Crippen LogP contribution in [0.5, 0.6) is 5.75 Å². The van der Waals surface area contributed by atoms with Gasteiger partial charge in [0.25, 0.3) is 5.91 Å². The third-order valence-electron chi connectivity index (χ3n) is 4.53. The van der Waals surface area contributed by atoms with Crippen molar-refractivity contribution >= 4 is 27.6 Å². The molecule has 0 radical (unpaired) electrons. The molecule has 2 aromatic carbocycles. The highest BCUT2D eigenvalue weighted by Gasteiger charge is 2.35. The van der Waals surface area contributed by atoms with Crippen LogP contribution in [-0.4, -0.2) is 31.8 Å². The zero-order valence-corrected chi connectivity index (χ0v) is 15.6. The number of nitrogens with zero attached hydrogens (tertiary/aromatic N) is 1. The molecule has 0 saturated carbocycles. The highest BCUT2D eigenvalue weighted by atomic mass is 32.2. The molecule has 27 heavy (non-hydrogen) atoms. The van der Waals surface area contributed by atoms with E-state index in [2.05, 4.69) is 0 Å². The summed E-state index contributed by atoms with van der Waals surface area (Å²) in [6.45, 7) is 1.55. The van der Waals surface area contributed by atoms with Gasteiger partial charge in [-0.3, -0.25) is 9.59 Å². The van der Waals surface area contributed by atoms with E-state index < -0.39 is 16.1 Å². The SMILES string of the molecule is CCC(Cc1ccc(N2CC(=O)NS2(=O)=O)c(O)c1)C(=O)c1ccccc1. The highest BCUT2D eigenvalue weighted by Crippen LogP contribution is 2.32. The van der Waals surface area contributed by atoms with Gasteiger partial charge < -0.3 is 5.11 Å². The number of amides is 1. The van der Waals surface area contributed by atoms with Crippen molar-refractivity contribution in [1.29, 1.82) is 0 Å². The Bertz CT molecular complexity index is 973. The van der Waals surface area contributed by atoms with Crippen LogP contribution in [0.4, 0.5) is 5.69 Å². The van der Waals surface area contributed by atoms with Crippen molar-refractivity contribution in [2.75, 3.05) is 10.8 Å². The molecule has 0 bridgehead atoms. The molecule has 142 valence electrons. The lowest BCUT2D eigenvalue weighted by Crippen LogP contribution is -2.29. The molecule has 2 aromatic rings. The molecule has 8 heteroatoms. The van der Waals surface area contributed by atoms with Gasteiger partial charge in [0.05, 0.1) is 5.69 Å². The third kappa shape index (κ3) is 3.95. The largest absolute Gasteiger partial charge is 0.506 e. The Kier molecular flexibility index (Phi) is 5.18. The van der Waals surface area contributed by atoms with Crippen molar-refractivity contribution in [2.45, 2.75) is 19.8 Å². The number of hydrogen-bond acceptors (Lipinski definition) is 5. The van der Waals surface area contributed by atoms with Crippen molar-refractivity contribution in [2.24, 2.45) is 5.92 Å². The molecule has 0 spiro atoms. The number of benzene rings is 2. The number of carbonyl (C=O) groups is 2. The molecule has 1 saturated heterocycles. The van der Waals surface area contributed by atoms with Crippen LogP contribution >= 0.6 is 0 Å². The van der Waals surface area contributed by atoms with E-state index in [1.807, 2.05) is 29.8 Å². The molecule has 1 unspecified atom stereocenters. The molecule has 1 heterocycles. The van der Waals surface area contributed by atoms with Crippen molar-refractivity contribution < 1.29 is 23.1 Å². The molecule has 1 aliphatic heterocycles. The first-order valence-electron chi connectivity index (χ1n) is 8.56. The first-order valence-corrected chi connectivity index (χ1v) is 10.00. The van der Waals surface area contributed by atoms with Crippen LogP contribution in [0.15, 0.2) is 48.5 Å². The number of phenols is 1. The minimum absolute atomic E-state index is 0.0265. The second kappa shape index (κ2) is 7.40. The van der Waals surface area contributed by atoms with E-state index in [1.165, 1.54) is 12.1 Å². The number of nitrogens with one attached hydrogen (secondary N) is 1. The topological polar surface area (TPSA) is 104 Å². The number of phenolic OH excluding ortho intramolecular Hbond substituents is 1. The fourth-order valence-electron chi connectivity index (χ4n) is 3.11. The van der Waals surface area contributed by atoms with E-state index in [0.29, 0.717) is 24.0 Å². The molecule has 1 aliphatic rings. The van der Waals surface area contributed by atoms with Crippen molar-refractivity contribution in [3.8, 4) is 5.75 Å². The van der Waals surface area contributed by atoms with Crippen LogP contribution in [0.2, 0.25) is 0 Å². The van der Waals surface area contributed by atoms with Gasteiger partial charge in [0, 0.05) is 11.5 Å². The number of aromatic hydroxyl groups is 1. The number of anilines is 1. The molecule has 1 atom stereocenters. The van der Waals surface area contributed by atoms with Gasteiger partial charge >= 0.3 is 10.2 Å². The first-order chi connectivity index (χ1) is 12.8. The monoisotopic (exact) mass is 388 g/mol. The van der Waals surface area contributed by atoms with Crippen molar-refractivity contribution in [3.63, 3.8) is 0 Å². The normalized spacial score (nSPS) is 16.8. The predicted molar refractivity (Wildman–Crippen MR) is 101 cm³/mol. The summed E-state index contributed by atoms with van der Waals surface area (Å²) in [6, 6.07) is 13.6. The molecule has 1 amide bonds. The fraction of sp³-hybridized carbons (Fsp3) is 0.263. The van der Waals surface area contributed by atoms with Gasteiger partial charge in [0.15, 0.2) is 5.78 Å². The van der Waals surface area contributed by atoms with E-state index >= 15 is 0 Å². The lowest BCUT2D eigenvalue weighted by molar-refractivity contribution is -0.117. The van der Waals surface area contributed by atoms with Gasteiger partial charge in [-0.1, -0.05) is 43.3 Å². The Balaban J connectivity index is 1.81. The lowest BCUT2D eigenvalue weighted by atomic mass is 9.89. The third-order valence-corrected chi connectivity index (χ3v) is 5.92. The van der Waals surface area contributed by atoms with Crippen LogP contribution in [-0.2, 0) is 21.4 Å². The summed E-state index contributed by atoms with van der Waals surface area (Å²) in [6.07, 6.45) is 1.05. The van der Waals surface area contributed by atoms with Gasteiger partial charge in [0.1, 0.15) is 12.3 Å². The summed E-state index contributed by atoms with van der Waals surface area (Å²) in [5.74, 6) is -1.14. The molecular weight excluding hydrogens is 368 g/mol. The number of ketones is 1. The molecule has 7 nitrogen and oxygen atoms in total. The molecule has 3 rings (SSSR count). The Hall–Kier alpha value is -2.87. The Labute approximate surface area is 157 Å². The van der Waals surface area contributed by atoms with Crippen LogP contribution in [0.25, 0.3) is 0 Å². The summed E-state index contributed by atoms with van der Waals surface area (Å²) in [7, 11) is -3.98. The first kappa shape index (κ1) is 18.9. The van der Waals surface area contributed by atoms with Crippen LogP contribution in [0.3, 0.4) is 0 Å². The summed E-state index contributed by atoms with van der Waals surface area (Å²) in [5, 5.41) is 10.3. The Morgan fingerprint density at radius 3 is 2.48 bits per heavy atom. The lowest BCUT2D eigenvalue weighted by Gasteiger charge is -2.18. The number of Topliss-reactive ketones (excluding diaryl/α,β-unsaturated/α-hetero) is 1. The zero-order chi connectivity index (χ0) is 19.6. The van der Waals surface area contributed by atoms with Crippen LogP contribution in [0, 0.1) is 5.92 Å². The highest BCUT2D eigenvalue weighted by molar-refractivity contribution is 7.92. The summed E-state index contributed by atoms with van der Waals surface area (Å²) in [4.78, 5) is 24.0. The van der Waals surface area contributed by atoms with Crippen molar-refractivity contribution in [1.82, 2.24) is 4.72 Å². The van der Waals surface area contributed by atoms with Gasteiger partial charge in [-0.2, -0.15) is 8.42 Å². The Morgan fingerprint density at radius 2 is 1.93 bits per heavy atom. The standard InChI is InChI=1S/C19H20N2O5S/c1-2-14(19(24)15-6-4-3-5-7-15)10-13-8-9-16(17(22)11-13)21-12-18(23)20-27(21,25)26/h3-9,11,14,22H,2,10,12H2,1H3,(H,20,23). The van der Waals surface area contributed by atoms with Gasteiger partial charge in [-0.25, -0.2) is 9.03 Å². The van der Waals surface area contributed by atoms with E-state index in [9.17, 15) is 23.1 Å². The maximum Gasteiger partial charge on any atom is 0.326 e. The van der Waals surface area contributed by atoms with Crippen molar-refractivity contribution in [3.05, 3.63) is 59.7 Å². The molecule has 0 aromatic heterocycles. The van der Waals surface area contributed by atoms with Crippen LogP contribution in [0.1, 0.15) is 29.3 Å². The molecule has 0 aliphatic carbocycles. The molecule has 1 fully saturated rings. The summed E-state index contributed by atoms with van der Waals surface area (Å²) < 4.78 is 26.5. The van der Waals surface area contributed by atoms with Gasteiger partial charge in [0.2, 0.25) is 0 Å². The smallest absolute Gasteiger partial charge is 0.326 e. The molecule has 2 N–H and O–H groups in total. The van der Waals surface area contributed by atoms with E-state index in [4.69, 9.17) is 0 Å². The summed E-state index contributed by atoms with van der Waals surface area (Å²) in [5.41, 5.74) is 1.38. The van der Waals surface area contributed by atoms with Crippen LogP contribution < -0.4 is 9.03 Å². The van der Waals surface area contributed by atoms with Gasteiger partial charge in [-0.15, -0.1) is 0 Å². The number of rotatable bonds is 6. The predicted octanol–water partition coefficient (Wildman–Crippen LogP) is 2.02. The molecular formula is C19H20N2O5S. The van der Waals surface area contributed by atoms with E-state index in [0.717, 1.165) is 4.31 Å². The maximum absolute atomic E-state index is 12.7. The van der Waals surface area contributed by atoms with Gasteiger partial charge in [-0.05, 0) is 30.5 Å².